The molecule has 0 saturated carbocycles. The first-order valence-electron chi connectivity index (χ1n) is 10.5. The summed E-state index contributed by atoms with van der Waals surface area (Å²) >= 11 is 12.7. The molecule has 35 heavy (non-hydrogen) atoms. The molecule has 1 aliphatic heterocycles. The topological polar surface area (TPSA) is 102 Å². The van der Waals surface area contributed by atoms with Gasteiger partial charge in [0.2, 0.25) is 0 Å². The van der Waals surface area contributed by atoms with Crippen LogP contribution in [0.3, 0.4) is 0 Å². The highest BCUT2D eigenvalue weighted by molar-refractivity contribution is 6.37. The summed E-state index contributed by atoms with van der Waals surface area (Å²) in [5.41, 5.74) is 3.16. The quantitative estimate of drug-likeness (QED) is 0.184. The number of nitrogens with zero attached hydrogens (tertiary/aromatic N) is 2. The molecule has 178 valence electrons. The second-order valence-electron chi connectivity index (χ2n) is 7.89. The standard InChI is InChI=1S/C25H19Cl2N3O5/c1-15-3-2-4-17(9-15)13-29-24(31)22(28-25(29)32)12-18-10-20(26)23(21(27)11-18)35-14-16-5-7-19(8-6-16)30(33)34/h2-12H,13-14H2,1H3,(H,28,32)/b22-12+. The molecule has 1 aliphatic rings. The number of non-ortho nitro benzene ring substituents is 1. The minimum atomic E-state index is -0.511. The first kappa shape index (κ1) is 24.3. The van der Waals surface area contributed by atoms with Gasteiger partial charge in [-0.15, -0.1) is 0 Å². The Morgan fingerprint density at radius 1 is 1.03 bits per heavy atom. The number of hydrogen-bond acceptors (Lipinski definition) is 5. The van der Waals surface area contributed by atoms with Gasteiger partial charge in [0.15, 0.2) is 5.75 Å². The van der Waals surface area contributed by atoms with Crippen molar-refractivity contribution < 1.29 is 19.2 Å². The van der Waals surface area contributed by atoms with Gasteiger partial charge >= 0.3 is 6.03 Å². The summed E-state index contributed by atoms with van der Waals surface area (Å²) in [6, 6.07) is 16.1. The molecule has 3 aromatic carbocycles. The molecule has 3 amide bonds. The van der Waals surface area contributed by atoms with Gasteiger partial charge < -0.3 is 10.1 Å². The van der Waals surface area contributed by atoms with Gasteiger partial charge in [-0.3, -0.25) is 19.8 Å². The summed E-state index contributed by atoms with van der Waals surface area (Å²) in [5, 5.41) is 13.8. The van der Waals surface area contributed by atoms with Gasteiger partial charge in [-0.1, -0.05) is 53.0 Å². The third-order valence-corrected chi connectivity index (χ3v) is 5.81. The summed E-state index contributed by atoms with van der Waals surface area (Å²) in [6.07, 6.45) is 1.49. The minimum Gasteiger partial charge on any atom is -0.486 e. The van der Waals surface area contributed by atoms with Crippen LogP contribution in [0.5, 0.6) is 5.75 Å². The van der Waals surface area contributed by atoms with E-state index in [0.29, 0.717) is 11.1 Å². The van der Waals surface area contributed by atoms with E-state index in [9.17, 15) is 19.7 Å². The molecule has 0 bridgehead atoms. The van der Waals surface area contributed by atoms with Crippen molar-refractivity contribution in [2.24, 2.45) is 0 Å². The number of amides is 3. The molecule has 0 spiro atoms. The molecule has 1 fully saturated rings. The summed E-state index contributed by atoms with van der Waals surface area (Å²) in [4.78, 5) is 36.6. The number of carbonyl (C=O) groups is 2. The molecule has 0 unspecified atom stereocenters. The number of aryl methyl sites for hydroxylation is 1. The smallest absolute Gasteiger partial charge is 0.329 e. The van der Waals surface area contributed by atoms with Crippen LogP contribution >= 0.6 is 23.2 Å². The second-order valence-corrected chi connectivity index (χ2v) is 8.71. The SMILES string of the molecule is Cc1cccc(CN2C(=O)N/C(=C/c3cc(Cl)c(OCc4ccc([N+](=O)[O-])cc4)c(Cl)c3)C2=O)c1. The van der Waals surface area contributed by atoms with Crippen LogP contribution in [-0.2, 0) is 17.9 Å². The zero-order valence-electron chi connectivity index (χ0n) is 18.5. The normalized spacial score (nSPS) is 14.4. The van der Waals surface area contributed by atoms with Crippen LogP contribution in [0.15, 0.2) is 66.4 Å². The molecule has 1 N–H and O–H groups in total. The number of hydrogen-bond donors (Lipinski definition) is 1. The van der Waals surface area contributed by atoms with Gasteiger partial charge in [0.25, 0.3) is 11.6 Å². The highest BCUT2D eigenvalue weighted by Gasteiger charge is 2.33. The lowest BCUT2D eigenvalue weighted by molar-refractivity contribution is -0.384. The molecule has 10 heteroatoms. The van der Waals surface area contributed by atoms with Crippen molar-refractivity contribution in [1.82, 2.24) is 10.2 Å². The summed E-state index contributed by atoms with van der Waals surface area (Å²) in [5.74, 6) is -0.223. The summed E-state index contributed by atoms with van der Waals surface area (Å²) in [6.45, 7) is 2.19. The van der Waals surface area contributed by atoms with Crippen LogP contribution in [-0.4, -0.2) is 21.8 Å². The fourth-order valence-electron chi connectivity index (χ4n) is 3.55. The summed E-state index contributed by atoms with van der Waals surface area (Å²) < 4.78 is 5.71. The van der Waals surface area contributed by atoms with E-state index in [-0.39, 0.29) is 40.3 Å². The number of nitro benzene ring substituents is 1. The molecule has 4 rings (SSSR count). The number of ether oxygens (including phenoxy) is 1. The van der Waals surface area contributed by atoms with Gasteiger partial charge in [-0.2, -0.15) is 0 Å². The van der Waals surface area contributed by atoms with Crippen LogP contribution in [0, 0.1) is 17.0 Å². The lowest BCUT2D eigenvalue weighted by Gasteiger charge is -2.12. The zero-order valence-corrected chi connectivity index (χ0v) is 20.0. The van der Waals surface area contributed by atoms with Crippen molar-refractivity contribution in [2.45, 2.75) is 20.1 Å². The molecule has 0 aromatic heterocycles. The van der Waals surface area contributed by atoms with Gasteiger partial charge in [-0.25, -0.2) is 4.79 Å². The Labute approximate surface area is 210 Å². The van der Waals surface area contributed by atoms with Crippen molar-refractivity contribution >= 4 is 46.9 Å². The number of nitrogens with one attached hydrogen (secondary N) is 1. The fraction of sp³-hybridized carbons (Fsp3) is 0.120. The monoisotopic (exact) mass is 511 g/mol. The van der Waals surface area contributed by atoms with Crippen LogP contribution in [0.1, 0.15) is 22.3 Å². The van der Waals surface area contributed by atoms with Gasteiger partial charge in [-0.05, 0) is 54.0 Å². The van der Waals surface area contributed by atoms with Gasteiger partial charge in [0, 0.05) is 12.1 Å². The maximum absolute atomic E-state index is 12.8. The predicted molar refractivity (Wildman–Crippen MR) is 132 cm³/mol. The lowest BCUT2D eigenvalue weighted by Crippen LogP contribution is -2.30. The van der Waals surface area contributed by atoms with E-state index in [1.54, 1.807) is 24.3 Å². The Morgan fingerprint density at radius 2 is 1.71 bits per heavy atom. The van der Waals surface area contributed by atoms with Crippen molar-refractivity contribution in [3.63, 3.8) is 0 Å². The highest BCUT2D eigenvalue weighted by atomic mass is 35.5. The number of rotatable bonds is 7. The van der Waals surface area contributed by atoms with E-state index < -0.39 is 16.9 Å². The van der Waals surface area contributed by atoms with Crippen molar-refractivity contribution in [1.29, 1.82) is 0 Å². The summed E-state index contributed by atoms with van der Waals surface area (Å²) in [7, 11) is 0. The van der Waals surface area contributed by atoms with Crippen LogP contribution in [0.4, 0.5) is 10.5 Å². The highest BCUT2D eigenvalue weighted by Crippen LogP contribution is 2.35. The molecule has 0 atom stereocenters. The van der Waals surface area contributed by atoms with Crippen LogP contribution in [0.2, 0.25) is 10.0 Å². The number of benzene rings is 3. The average Bonchev–Trinajstić information content (AvgIpc) is 3.06. The van der Waals surface area contributed by atoms with E-state index in [1.165, 1.54) is 18.2 Å². The van der Waals surface area contributed by atoms with Gasteiger partial charge in [0.1, 0.15) is 12.3 Å². The Kier molecular flexibility index (Phi) is 7.04. The molecule has 1 heterocycles. The predicted octanol–water partition coefficient (Wildman–Crippen LogP) is 5.88. The van der Waals surface area contributed by atoms with E-state index in [1.807, 2.05) is 31.2 Å². The molecular formula is C25H19Cl2N3O5. The molecular weight excluding hydrogens is 493 g/mol. The average molecular weight is 512 g/mol. The number of imide groups is 1. The third-order valence-electron chi connectivity index (χ3n) is 5.25. The molecule has 0 aliphatic carbocycles. The van der Waals surface area contributed by atoms with E-state index in [2.05, 4.69) is 5.32 Å². The minimum absolute atomic E-state index is 0.0202. The van der Waals surface area contributed by atoms with Crippen LogP contribution in [0.25, 0.3) is 6.08 Å². The van der Waals surface area contributed by atoms with E-state index in [0.717, 1.165) is 16.0 Å². The molecule has 1 saturated heterocycles. The molecule has 8 nitrogen and oxygen atoms in total. The van der Waals surface area contributed by atoms with Gasteiger partial charge in [0.05, 0.1) is 21.5 Å². The second kappa shape index (κ2) is 10.2. The van der Waals surface area contributed by atoms with Crippen molar-refractivity contribution in [3.05, 3.63) is 109 Å². The molecule has 3 aromatic rings. The number of nitro groups is 1. The largest absolute Gasteiger partial charge is 0.486 e. The Bertz CT molecular complexity index is 1330. The Morgan fingerprint density at radius 3 is 2.34 bits per heavy atom. The first-order chi connectivity index (χ1) is 16.7. The maximum Gasteiger partial charge on any atom is 0.329 e. The lowest BCUT2D eigenvalue weighted by atomic mass is 10.1. The Hall–Kier alpha value is -3.88. The number of carbonyl (C=O) groups excluding carboxylic acids is 2. The first-order valence-corrected chi connectivity index (χ1v) is 11.2. The number of urea groups is 1. The molecule has 0 radical (unpaired) electrons. The van der Waals surface area contributed by atoms with E-state index in [4.69, 9.17) is 27.9 Å². The van der Waals surface area contributed by atoms with Crippen LogP contribution < -0.4 is 10.1 Å². The maximum atomic E-state index is 12.8. The fourth-order valence-corrected chi connectivity index (χ4v) is 4.16. The zero-order chi connectivity index (χ0) is 25.1. The number of halogens is 2. The van der Waals surface area contributed by atoms with Crippen molar-refractivity contribution in [2.75, 3.05) is 0 Å². The third kappa shape index (κ3) is 5.62. The van der Waals surface area contributed by atoms with E-state index >= 15 is 0 Å². The Balaban J connectivity index is 1.47. The van der Waals surface area contributed by atoms with Crippen molar-refractivity contribution in [3.8, 4) is 5.75 Å².